The van der Waals surface area contributed by atoms with E-state index < -0.39 is 27.8 Å². The van der Waals surface area contributed by atoms with Crippen LogP contribution in [0.3, 0.4) is 0 Å². The molecule has 1 fully saturated rings. The van der Waals surface area contributed by atoms with Gasteiger partial charge in [-0.3, -0.25) is 4.79 Å². The van der Waals surface area contributed by atoms with Gasteiger partial charge >= 0.3 is 18.9 Å². The molecule has 7 nitrogen and oxygen atoms in total. The summed E-state index contributed by atoms with van der Waals surface area (Å²) in [6, 6.07) is 12.4. The third-order valence-electron chi connectivity index (χ3n) is 7.59. The molecule has 41 heavy (non-hydrogen) atoms. The number of aryl methyl sites for hydroxylation is 1. The number of hydrogen-bond donors (Lipinski definition) is 2. The van der Waals surface area contributed by atoms with Gasteiger partial charge in [-0.05, 0) is 65.8 Å². The molecule has 3 rings (SSSR count). The number of aliphatic carboxylic acids is 1. The van der Waals surface area contributed by atoms with Gasteiger partial charge in [0.1, 0.15) is 9.84 Å². The number of nitrogens with one attached hydrogen (secondary N) is 2. The second-order valence-corrected chi connectivity index (χ2v) is 14.5. The molecule has 220 valence electrons. The predicted molar refractivity (Wildman–Crippen MR) is 162 cm³/mol. The van der Waals surface area contributed by atoms with Crippen LogP contribution in [0.2, 0.25) is 0 Å². The Hall–Kier alpha value is -1.76. The Kier molecular flexibility index (Phi) is 15.0. The number of benzene rings is 2. The normalized spacial score (nSPS) is 15.5. The number of thioether (sulfide) groups is 1. The van der Waals surface area contributed by atoms with E-state index in [4.69, 9.17) is 0 Å². The van der Waals surface area contributed by atoms with Crippen LogP contribution in [0.5, 0.6) is 0 Å². The maximum atomic E-state index is 13.3. The fraction of sp³-hybridized carbons (Fsp3) is 0.548. The summed E-state index contributed by atoms with van der Waals surface area (Å²) >= 11 is 1.96. The quantitative estimate of drug-likeness (QED) is 0.297. The Morgan fingerprint density at radius 3 is 2.41 bits per heavy atom. The molecule has 0 bridgehead atoms. The van der Waals surface area contributed by atoms with E-state index in [0.29, 0.717) is 23.7 Å². The van der Waals surface area contributed by atoms with Crippen molar-refractivity contribution >= 4 is 33.5 Å². The second kappa shape index (κ2) is 17.4. The van der Waals surface area contributed by atoms with E-state index in [-0.39, 0.29) is 31.0 Å². The van der Waals surface area contributed by atoms with Crippen LogP contribution in [0.4, 0.5) is 0 Å². The van der Waals surface area contributed by atoms with E-state index in [1.54, 1.807) is 6.07 Å². The standard InChI is InChI=1S/C31H44N2O5S2.Li/c1-4-39-21-25(18-23-11-6-5-7-12-23)32-20-24-14-15-27(28(19-24)26-13-9-8-10-22(26)2)30(34)33-29(31(35)36)16-17-40(3,37)38;/h8-10,13-15,19,23,25,29,32H,4-7,11-12,16-18,20-21H2,1-3H3,(H,33,34)(H,35,36);/q;+1/p-1/t25?,29-;/m0./s1. The number of carboxylic acid groups (broad SMARTS) is 1. The molecule has 0 heterocycles. The van der Waals surface area contributed by atoms with Crippen LogP contribution >= 0.6 is 11.8 Å². The Morgan fingerprint density at radius 1 is 1.07 bits per heavy atom. The van der Waals surface area contributed by atoms with Crippen molar-refractivity contribution in [3.05, 3.63) is 59.2 Å². The summed E-state index contributed by atoms with van der Waals surface area (Å²) in [5.41, 5.74) is 3.96. The minimum atomic E-state index is -3.40. The molecule has 1 unspecified atom stereocenters. The number of amides is 1. The van der Waals surface area contributed by atoms with Crippen LogP contribution in [0.1, 0.15) is 73.4 Å². The minimum absolute atomic E-state index is 0. The monoisotopic (exact) mass is 594 g/mol. The minimum Gasteiger partial charge on any atom is -0.548 e. The first-order valence-electron chi connectivity index (χ1n) is 14.3. The number of carbonyl (C=O) groups is 2. The second-order valence-electron chi connectivity index (χ2n) is 10.9. The van der Waals surface area contributed by atoms with E-state index in [9.17, 15) is 23.1 Å². The number of sulfone groups is 1. The zero-order valence-corrected chi connectivity index (χ0v) is 26.5. The number of carbonyl (C=O) groups excluding carboxylic acids is 2. The van der Waals surface area contributed by atoms with E-state index in [1.165, 1.54) is 38.5 Å². The molecule has 0 saturated heterocycles. The summed E-state index contributed by atoms with van der Waals surface area (Å²) < 4.78 is 23.1. The van der Waals surface area contributed by atoms with E-state index in [1.807, 2.05) is 55.1 Å². The van der Waals surface area contributed by atoms with Crippen molar-refractivity contribution in [3.63, 3.8) is 0 Å². The SMILES string of the molecule is CCSCC(CC1CCCCC1)NCc1ccc(C(=O)N[C@@H](CCS(C)(=O)=O)C(=O)[O-])c(-c2ccccc2C)c1.[Li+]. The first-order chi connectivity index (χ1) is 19.1. The van der Waals surface area contributed by atoms with E-state index >= 15 is 0 Å². The summed E-state index contributed by atoms with van der Waals surface area (Å²) in [4.78, 5) is 25.0. The van der Waals surface area contributed by atoms with E-state index in [0.717, 1.165) is 40.4 Å². The smallest absolute Gasteiger partial charge is 0.548 e. The van der Waals surface area contributed by atoms with Gasteiger partial charge in [0.05, 0.1) is 17.8 Å². The molecule has 2 aromatic carbocycles. The first kappa shape index (κ1) is 35.4. The van der Waals surface area contributed by atoms with Gasteiger partial charge in [0.15, 0.2) is 0 Å². The number of hydrogen-bond acceptors (Lipinski definition) is 7. The van der Waals surface area contributed by atoms with Gasteiger partial charge in [-0.1, -0.05) is 69.4 Å². The molecule has 1 aliphatic rings. The summed E-state index contributed by atoms with van der Waals surface area (Å²) in [5, 5.41) is 17.9. The Morgan fingerprint density at radius 2 is 1.78 bits per heavy atom. The molecule has 1 amide bonds. The van der Waals surface area contributed by atoms with Crippen molar-refractivity contribution in [2.45, 2.75) is 77.4 Å². The third kappa shape index (κ3) is 11.8. The zero-order valence-electron chi connectivity index (χ0n) is 24.9. The van der Waals surface area contributed by atoms with Crippen LogP contribution < -0.4 is 34.6 Å². The van der Waals surface area contributed by atoms with Gasteiger partial charge in [0, 0.05) is 30.2 Å². The number of rotatable bonds is 15. The Balaban J connectivity index is 0.00000588. The molecule has 1 aliphatic carbocycles. The Bertz CT molecular complexity index is 1250. The molecule has 0 aliphatic heterocycles. The Labute approximate surface area is 262 Å². The predicted octanol–water partition coefficient (Wildman–Crippen LogP) is 1.13. The molecule has 1 saturated carbocycles. The molecule has 2 aromatic rings. The van der Waals surface area contributed by atoms with Crippen molar-refractivity contribution in [1.29, 1.82) is 0 Å². The summed E-state index contributed by atoms with van der Waals surface area (Å²) in [7, 11) is -3.40. The molecular weight excluding hydrogens is 551 g/mol. The van der Waals surface area contributed by atoms with Gasteiger partial charge in [0.2, 0.25) is 0 Å². The van der Waals surface area contributed by atoms with Crippen LogP contribution in [0, 0.1) is 12.8 Å². The van der Waals surface area contributed by atoms with Gasteiger partial charge in [-0.2, -0.15) is 11.8 Å². The van der Waals surface area contributed by atoms with Crippen LogP contribution in [0.15, 0.2) is 42.5 Å². The van der Waals surface area contributed by atoms with E-state index in [2.05, 4.69) is 17.6 Å². The topological polar surface area (TPSA) is 115 Å². The van der Waals surface area contributed by atoms with Crippen molar-refractivity contribution in [2.24, 2.45) is 5.92 Å². The average Bonchev–Trinajstić information content (AvgIpc) is 2.92. The third-order valence-corrected chi connectivity index (χ3v) is 9.62. The van der Waals surface area contributed by atoms with Crippen LogP contribution in [-0.4, -0.2) is 55.9 Å². The van der Waals surface area contributed by atoms with Gasteiger partial charge in [-0.15, -0.1) is 0 Å². The maximum absolute atomic E-state index is 13.3. The summed E-state index contributed by atoms with van der Waals surface area (Å²) in [6.07, 6.45) is 8.58. The fourth-order valence-corrected chi connectivity index (χ4v) is 6.81. The van der Waals surface area contributed by atoms with Gasteiger partial charge in [0.25, 0.3) is 5.91 Å². The van der Waals surface area contributed by atoms with Crippen molar-refractivity contribution in [2.75, 3.05) is 23.5 Å². The van der Waals surface area contributed by atoms with Crippen molar-refractivity contribution < 1.29 is 42.0 Å². The number of carboxylic acids is 1. The maximum Gasteiger partial charge on any atom is 1.00 e. The van der Waals surface area contributed by atoms with Crippen LogP contribution in [0.25, 0.3) is 11.1 Å². The molecule has 2 atom stereocenters. The molecule has 2 N–H and O–H groups in total. The van der Waals surface area contributed by atoms with Crippen molar-refractivity contribution in [1.82, 2.24) is 10.6 Å². The molecule has 0 radical (unpaired) electrons. The molecule has 0 aromatic heterocycles. The fourth-order valence-electron chi connectivity index (χ4n) is 5.37. The first-order valence-corrected chi connectivity index (χ1v) is 17.5. The van der Waals surface area contributed by atoms with Crippen molar-refractivity contribution in [3.8, 4) is 11.1 Å². The zero-order chi connectivity index (χ0) is 29.1. The van der Waals surface area contributed by atoms with Gasteiger partial charge in [-0.25, -0.2) is 8.42 Å². The largest absolute Gasteiger partial charge is 1.00 e. The summed E-state index contributed by atoms with van der Waals surface area (Å²) in [5.74, 6) is 0.479. The molecule has 10 heteroatoms. The van der Waals surface area contributed by atoms with Crippen LogP contribution in [-0.2, 0) is 21.2 Å². The molecule has 0 spiro atoms. The average molecular weight is 595 g/mol. The molecular formula is C31H43LiN2O5S2. The summed E-state index contributed by atoms with van der Waals surface area (Å²) in [6.45, 7) is 4.82. The van der Waals surface area contributed by atoms with Gasteiger partial charge < -0.3 is 20.5 Å².